The van der Waals surface area contributed by atoms with Crippen molar-refractivity contribution in [2.24, 2.45) is 0 Å². The lowest BCUT2D eigenvalue weighted by Crippen LogP contribution is -2.37. The molecule has 0 aliphatic carbocycles. The summed E-state index contributed by atoms with van der Waals surface area (Å²) in [5, 5.41) is 6.25. The monoisotopic (exact) mass is 441 g/mol. The molecule has 3 heterocycles. The van der Waals surface area contributed by atoms with Gasteiger partial charge in [0.05, 0.1) is 28.5 Å². The Bertz CT molecular complexity index is 1350. The SMILES string of the molecule is Cc1sc2ncn(CC(=O)NCC(=O)Nc3nc4c(C)cccc4s3)c(=O)c2c1C. The van der Waals surface area contributed by atoms with E-state index in [4.69, 9.17) is 0 Å². The number of fused-ring (bicyclic) bond motifs is 2. The molecular formula is C20H19N5O3S2. The van der Waals surface area contributed by atoms with Crippen molar-refractivity contribution in [1.82, 2.24) is 19.9 Å². The maximum Gasteiger partial charge on any atom is 0.262 e. The topological polar surface area (TPSA) is 106 Å². The number of aromatic nitrogens is 3. The van der Waals surface area contributed by atoms with E-state index in [1.165, 1.54) is 33.6 Å². The second kappa shape index (κ2) is 7.96. The van der Waals surface area contributed by atoms with E-state index in [9.17, 15) is 14.4 Å². The number of thiazole rings is 1. The Kier molecular flexibility index (Phi) is 5.35. The maximum absolute atomic E-state index is 12.7. The van der Waals surface area contributed by atoms with Gasteiger partial charge in [-0.3, -0.25) is 19.0 Å². The molecule has 2 N–H and O–H groups in total. The molecule has 0 fully saturated rings. The van der Waals surface area contributed by atoms with Gasteiger partial charge in [-0.25, -0.2) is 9.97 Å². The van der Waals surface area contributed by atoms with Crippen molar-refractivity contribution >= 4 is 60.1 Å². The molecule has 4 aromatic rings. The van der Waals surface area contributed by atoms with Gasteiger partial charge in [0, 0.05) is 4.88 Å². The fourth-order valence-electron chi connectivity index (χ4n) is 3.08. The van der Waals surface area contributed by atoms with Gasteiger partial charge in [0.25, 0.3) is 5.56 Å². The Morgan fingerprint density at radius 2 is 1.93 bits per heavy atom. The number of nitrogens with zero attached hydrogens (tertiary/aromatic N) is 3. The molecule has 0 aliphatic rings. The van der Waals surface area contributed by atoms with Crippen molar-refractivity contribution in [3.8, 4) is 0 Å². The highest BCUT2D eigenvalue weighted by atomic mass is 32.1. The van der Waals surface area contributed by atoms with E-state index in [-0.39, 0.29) is 24.6 Å². The summed E-state index contributed by atoms with van der Waals surface area (Å²) in [5.74, 6) is -0.830. The van der Waals surface area contributed by atoms with Crippen molar-refractivity contribution in [3.05, 3.63) is 50.9 Å². The summed E-state index contributed by atoms with van der Waals surface area (Å²) >= 11 is 2.83. The number of benzene rings is 1. The summed E-state index contributed by atoms with van der Waals surface area (Å²) in [7, 11) is 0. The summed E-state index contributed by atoms with van der Waals surface area (Å²) in [5.41, 5.74) is 2.51. The molecule has 0 aliphatic heterocycles. The number of nitrogens with one attached hydrogen (secondary N) is 2. The van der Waals surface area contributed by atoms with Gasteiger partial charge in [-0.2, -0.15) is 0 Å². The Labute approximate surface area is 179 Å². The van der Waals surface area contributed by atoms with Crippen LogP contribution in [0.5, 0.6) is 0 Å². The number of rotatable bonds is 5. The molecule has 10 heteroatoms. The molecule has 2 amide bonds. The molecule has 0 unspecified atom stereocenters. The third kappa shape index (κ3) is 3.83. The van der Waals surface area contributed by atoms with Crippen LogP contribution < -0.4 is 16.2 Å². The molecule has 0 radical (unpaired) electrons. The van der Waals surface area contributed by atoms with Crippen molar-refractivity contribution in [2.45, 2.75) is 27.3 Å². The van der Waals surface area contributed by atoms with Crippen molar-refractivity contribution in [3.63, 3.8) is 0 Å². The van der Waals surface area contributed by atoms with Crippen LogP contribution in [-0.4, -0.2) is 32.9 Å². The number of carbonyl (C=O) groups is 2. The molecule has 0 saturated heterocycles. The molecule has 30 heavy (non-hydrogen) atoms. The summed E-state index contributed by atoms with van der Waals surface area (Å²) in [6.45, 7) is 5.35. The standard InChI is InChI=1S/C20H19N5O3S2/c1-10-5-4-6-13-17(10)24-20(30-13)23-14(26)7-21-15(27)8-25-9-22-18-16(19(25)28)11(2)12(3)29-18/h4-6,9H,7-8H2,1-3H3,(H,21,27)(H,23,24,26). The van der Waals surface area contributed by atoms with Crippen molar-refractivity contribution < 1.29 is 9.59 Å². The van der Waals surface area contributed by atoms with Crippen LogP contribution in [0.15, 0.2) is 29.3 Å². The number of aryl methyl sites for hydroxylation is 3. The second-order valence-corrected chi connectivity index (χ2v) is 9.14. The highest BCUT2D eigenvalue weighted by molar-refractivity contribution is 7.22. The Morgan fingerprint density at radius 1 is 1.13 bits per heavy atom. The second-order valence-electron chi connectivity index (χ2n) is 6.91. The first-order valence-electron chi connectivity index (χ1n) is 9.21. The minimum absolute atomic E-state index is 0.205. The first kappa shape index (κ1) is 20.2. The fraction of sp³-hybridized carbons (Fsp3) is 0.250. The third-order valence-corrected chi connectivity index (χ3v) is 6.83. The van der Waals surface area contributed by atoms with E-state index in [0.717, 1.165) is 26.2 Å². The van der Waals surface area contributed by atoms with Gasteiger partial charge in [-0.15, -0.1) is 11.3 Å². The molecule has 0 spiro atoms. The highest BCUT2D eigenvalue weighted by Gasteiger charge is 2.15. The summed E-state index contributed by atoms with van der Waals surface area (Å²) in [4.78, 5) is 47.5. The summed E-state index contributed by atoms with van der Waals surface area (Å²) in [6.07, 6.45) is 1.36. The zero-order valence-corrected chi connectivity index (χ0v) is 18.2. The minimum Gasteiger partial charge on any atom is -0.345 e. The summed E-state index contributed by atoms with van der Waals surface area (Å²) in [6, 6.07) is 5.84. The minimum atomic E-state index is -0.446. The number of carbonyl (C=O) groups excluding carboxylic acids is 2. The van der Waals surface area contributed by atoms with Gasteiger partial charge in [0.1, 0.15) is 11.4 Å². The third-order valence-electron chi connectivity index (χ3n) is 4.78. The average Bonchev–Trinajstić information content (AvgIpc) is 3.24. The Balaban J connectivity index is 1.38. The molecule has 3 aromatic heterocycles. The van der Waals surface area contributed by atoms with Crippen molar-refractivity contribution in [2.75, 3.05) is 11.9 Å². The van der Waals surface area contributed by atoms with Gasteiger partial charge < -0.3 is 10.6 Å². The van der Waals surface area contributed by atoms with E-state index >= 15 is 0 Å². The molecular weight excluding hydrogens is 422 g/mol. The van der Waals surface area contributed by atoms with Gasteiger partial charge >= 0.3 is 0 Å². The van der Waals surface area contributed by atoms with Crippen LogP contribution in [0, 0.1) is 20.8 Å². The van der Waals surface area contributed by atoms with Crippen LogP contribution in [0.3, 0.4) is 0 Å². The number of para-hydroxylation sites is 1. The molecule has 154 valence electrons. The average molecular weight is 442 g/mol. The normalized spacial score (nSPS) is 11.2. The molecule has 0 atom stereocenters. The van der Waals surface area contributed by atoms with Crippen LogP contribution in [0.25, 0.3) is 20.4 Å². The van der Waals surface area contributed by atoms with E-state index in [1.54, 1.807) is 0 Å². The van der Waals surface area contributed by atoms with Gasteiger partial charge in [-0.05, 0) is 38.0 Å². The largest absolute Gasteiger partial charge is 0.345 e. The first-order chi connectivity index (χ1) is 14.3. The lowest BCUT2D eigenvalue weighted by Gasteiger charge is -2.07. The molecule has 1 aromatic carbocycles. The highest BCUT2D eigenvalue weighted by Crippen LogP contribution is 2.28. The lowest BCUT2D eigenvalue weighted by molar-refractivity contribution is -0.124. The predicted octanol–water partition coefficient (Wildman–Crippen LogP) is 2.75. The van der Waals surface area contributed by atoms with E-state index in [0.29, 0.717) is 15.3 Å². The predicted molar refractivity (Wildman–Crippen MR) is 119 cm³/mol. The maximum atomic E-state index is 12.7. The zero-order chi connectivity index (χ0) is 21.4. The lowest BCUT2D eigenvalue weighted by atomic mass is 10.2. The van der Waals surface area contributed by atoms with Crippen LogP contribution in [0.2, 0.25) is 0 Å². The van der Waals surface area contributed by atoms with Crippen LogP contribution in [0.1, 0.15) is 16.0 Å². The van der Waals surface area contributed by atoms with Crippen LogP contribution in [-0.2, 0) is 16.1 Å². The van der Waals surface area contributed by atoms with Gasteiger partial charge in [0.15, 0.2) is 5.13 Å². The molecule has 4 rings (SSSR count). The number of hydrogen-bond acceptors (Lipinski definition) is 7. The van der Waals surface area contributed by atoms with Crippen molar-refractivity contribution in [1.29, 1.82) is 0 Å². The van der Waals surface area contributed by atoms with E-state index in [2.05, 4.69) is 20.6 Å². The van der Waals surface area contributed by atoms with E-state index < -0.39 is 5.91 Å². The number of anilines is 1. The smallest absolute Gasteiger partial charge is 0.262 e. The first-order valence-corrected chi connectivity index (χ1v) is 10.8. The molecule has 0 saturated carbocycles. The molecule has 8 nitrogen and oxygen atoms in total. The Morgan fingerprint density at radius 3 is 2.70 bits per heavy atom. The van der Waals surface area contributed by atoms with E-state index in [1.807, 2.05) is 39.0 Å². The zero-order valence-electron chi connectivity index (χ0n) is 16.6. The quantitative estimate of drug-likeness (QED) is 0.495. The fourth-order valence-corrected chi connectivity index (χ4v) is 5.02. The molecule has 0 bridgehead atoms. The van der Waals surface area contributed by atoms with Gasteiger partial charge in [-0.1, -0.05) is 23.5 Å². The number of hydrogen-bond donors (Lipinski definition) is 2. The van der Waals surface area contributed by atoms with Gasteiger partial charge in [0.2, 0.25) is 11.8 Å². The van der Waals surface area contributed by atoms with Crippen LogP contribution >= 0.6 is 22.7 Å². The van der Waals surface area contributed by atoms with Crippen LogP contribution in [0.4, 0.5) is 5.13 Å². The number of thiophene rings is 1. The summed E-state index contributed by atoms with van der Waals surface area (Å²) < 4.78 is 2.24. The number of amides is 2. The Hall–Kier alpha value is -3.11.